The maximum atomic E-state index is 12.8. The minimum absolute atomic E-state index is 0.205. The monoisotopic (exact) mass is 350 g/mol. The molecule has 1 fully saturated rings. The van der Waals surface area contributed by atoms with Crippen molar-refractivity contribution in [2.24, 2.45) is 0 Å². The first-order valence-corrected chi connectivity index (χ1v) is 9.79. The summed E-state index contributed by atoms with van der Waals surface area (Å²) in [5.74, 6) is 1.15. The molecule has 0 radical (unpaired) electrons. The van der Waals surface area contributed by atoms with E-state index in [0.717, 1.165) is 18.4 Å². The average Bonchev–Trinajstić information content (AvgIpc) is 3.28. The molecule has 120 valence electrons. The third kappa shape index (κ3) is 3.52. The number of hydrogen-bond acceptors (Lipinski definition) is 5. The molecular weight excluding hydrogens is 334 g/mol. The van der Waals surface area contributed by atoms with Crippen molar-refractivity contribution >= 4 is 28.6 Å². The molecular formula is C16H16NO4S2+. The largest absolute Gasteiger partial charge is 0.612 e. The molecule has 2 aromatic rings. The van der Waals surface area contributed by atoms with E-state index >= 15 is 0 Å². The van der Waals surface area contributed by atoms with E-state index in [1.165, 1.54) is 6.20 Å². The zero-order valence-corrected chi connectivity index (χ0v) is 14.2. The van der Waals surface area contributed by atoms with Gasteiger partial charge in [-0.25, -0.2) is 0 Å². The molecule has 1 heterocycles. The fraction of sp³-hybridized carbons (Fsp3) is 0.375. The topological polar surface area (TPSA) is 83.2 Å². The normalized spacial score (nSPS) is 15.4. The first-order chi connectivity index (χ1) is 11.1. The van der Waals surface area contributed by atoms with E-state index in [4.69, 9.17) is 4.52 Å². The van der Waals surface area contributed by atoms with Gasteiger partial charge >= 0.3 is 11.7 Å². The highest BCUT2D eigenvalue weighted by Gasteiger charge is 2.34. The second-order valence-corrected chi connectivity index (χ2v) is 7.56. The lowest BCUT2D eigenvalue weighted by Gasteiger charge is -2.11. The van der Waals surface area contributed by atoms with Crippen molar-refractivity contribution in [2.75, 3.05) is 12.0 Å². The number of rotatable bonds is 7. The zero-order valence-electron chi connectivity index (χ0n) is 12.6. The lowest BCUT2D eigenvalue weighted by molar-refractivity contribution is 0.103. The Morgan fingerprint density at radius 1 is 1.43 bits per heavy atom. The van der Waals surface area contributed by atoms with E-state index in [1.54, 1.807) is 18.4 Å². The lowest BCUT2D eigenvalue weighted by atomic mass is 10.0. The van der Waals surface area contributed by atoms with Crippen molar-refractivity contribution in [2.45, 2.75) is 30.1 Å². The average molecular weight is 350 g/mol. The molecule has 3 rings (SSSR count). The first-order valence-electron chi connectivity index (χ1n) is 7.32. The summed E-state index contributed by atoms with van der Waals surface area (Å²) >= 11 is -0.779. The summed E-state index contributed by atoms with van der Waals surface area (Å²) in [6.45, 7) is 0. The standard InChI is InChI=1S/C16H16NO4S2/c1-23(20)14-8-10(6-7-22-19)2-5-12(14)15(18)13-9-17-21-16(13)11-3-4-11/h2,5,8-9,11H,3-4,6-7H2,1H3/q+1. The number of nitrogens with zero attached hydrogens (tertiary/aromatic N) is 1. The van der Waals surface area contributed by atoms with Crippen LogP contribution in [0.1, 0.15) is 46.0 Å². The second-order valence-electron chi connectivity index (χ2n) is 5.56. The van der Waals surface area contributed by atoms with Crippen LogP contribution in [0.4, 0.5) is 0 Å². The van der Waals surface area contributed by atoms with Crippen LogP contribution in [-0.2, 0) is 33.5 Å². The molecule has 1 saturated carbocycles. The van der Waals surface area contributed by atoms with Crippen LogP contribution in [0.2, 0.25) is 0 Å². The van der Waals surface area contributed by atoms with Crippen molar-refractivity contribution < 1.29 is 18.1 Å². The van der Waals surface area contributed by atoms with Crippen LogP contribution in [0.15, 0.2) is 33.8 Å². The molecule has 7 heteroatoms. The van der Waals surface area contributed by atoms with Gasteiger partial charge in [-0.15, -0.1) is 0 Å². The number of carbonyl (C=O) groups is 1. The van der Waals surface area contributed by atoms with Gasteiger partial charge in [-0.3, -0.25) is 4.79 Å². The Kier molecular flexibility index (Phi) is 4.89. The van der Waals surface area contributed by atoms with Gasteiger partial charge in [-0.1, -0.05) is 11.2 Å². The van der Waals surface area contributed by atoms with Crippen molar-refractivity contribution in [1.82, 2.24) is 5.16 Å². The molecule has 1 aromatic heterocycles. The van der Waals surface area contributed by atoms with Gasteiger partial charge < -0.3 is 9.08 Å². The van der Waals surface area contributed by atoms with Gasteiger partial charge in [0.2, 0.25) is 11.5 Å². The Hall–Kier alpha value is -1.57. The summed E-state index contributed by atoms with van der Waals surface area (Å²) in [7, 11) is 0. The highest BCUT2D eigenvalue weighted by molar-refractivity contribution is 7.90. The van der Waals surface area contributed by atoms with Crippen LogP contribution in [0.3, 0.4) is 0 Å². The fourth-order valence-corrected chi connectivity index (χ4v) is 3.62. The molecule has 23 heavy (non-hydrogen) atoms. The number of ketones is 1. The predicted molar refractivity (Wildman–Crippen MR) is 87.3 cm³/mol. The third-order valence-electron chi connectivity index (χ3n) is 3.87. The van der Waals surface area contributed by atoms with E-state index in [0.29, 0.717) is 45.6 Å². The van der Waals surface area contributed by atoms with Crippen LogP contribution in [0.25, 0.3) is 0 Å². The molecule has 1 aliphatic carbocycles. The summed E-state index contributed by atoms with van der Waals surface area (Å²) in [6.07, 6.45) is 5.60. The minimum atomic E-state index is -1.30. The number of aromatic nitrogens is 1. The quantitative estimate of drug-likeness (QED) is 0.566. The molecule has 1 aliphatic rings. The first kappa shape index (κ1) is 16.3. The molecule has 0 aliphatic heterocycles. The summed E-state index contributed by atoms with van der Waals surface area (Å²) < 4.78 is 27.8. The van der Waals surface area contributed by atoms with E-state index in [-0.39, 0.29) is 11.7 Å². The number of aryl methyl sites for hydroxylation is 1. The highest BCUT2D eigenvalue weighted by Crippen LogP contribution is 2.42. The molecule has 0 bridgehead atoms. The Bertz CT molecular complexity index is 737. The van der Waals surface area contributed by atoms with Gasteiger partial charge in [0, 0.05) is 16.5 Å². The molecule has 1 aromatic carbocycles. The molecule has 0 amide bonds. The Labute approximate surface area is 141 Å². The van der Waals surface area contributed by atoms with E-state index in [2.05, 4.69) is 5.16 Å². The maximum Gasteiger partial charge on any atom is 0.459 e. The van der Waals surface area contributed by atoms with E-state index in [1.807, 2.05) is 6.07 Å². The van der Waals surface area contributed by atoms with Gasteiger partial charge in [0.25, 0.3) is 0 Å². The van der Waals surface area contributed by atoms with Gasteiger partial charge in [-0.05, 0) is 41.7 Å². The zero-order chi connectivity index (χ0) is 16.4. The summed E-state index contributed by atoms with van der Waals surface area (Å²) in [5.41, 5.74) is 1.78. The van der Waals surface area contributed by atoms with Crippen LogP contribution in [0.5, 0.6) is 0 Å². The van der Waals surface area contributed by atoms with Crippen LogP contribution < -0.4 is 0 Å². The van der Waals surface area contributed by atoms with Gasteiger partial charge in [0.1, 0.15) is 6.26 Å². The van der Waals surface area contributed by atoms with Gasteiger partial charge in [0.15, 0.2) is 10.7 Å². The van der Waals surface area contributed by atoms with Crippen molar-refractivity contribution in [3.63, 3.8) is 0 Å². The third-order valence-corrected chi connectivity index (χ3v) is 5.19. The summed E-state index contributed by atoms with van der Waals surface area (Å²) in [4.78, 5) is 13.3. The summed E-state index contributed by atoms with van der Waals surface area (Å²) in [6, 6.07) is 5.25. The molecule has 5 nitrogen and oxygen atoms in total. The Morgan fingerprint density at radius 3 is 2.87 bits per heavy atom. The SMILES string of the molecule is C[S+]([O-])c1cc(CC[S+]=O)ccc1C(=O)c1cnoc1C1CC1. The van der Waals surface area contributed by atoms with Crippen molar-refractivity contribution in [3.05, 3.63) is 46.8 Å². The highest BCUT2D eigenvalue weighted by atomic mass is 32.2. The predicted octanol–water partition coefficient (Wildman–Crippen LogP) is 2.49. The molecule has 0 N–H and O–H groups in total. The maximum absolute atomic E-state index is 12.8. The van der Waals surface area contributed by atoms with Crippen LogP contribution >= 0.6 is 0 Å². The van der Waals surface area contributed by atoms with Crippen molar-refractivity contribution in [3.8, 4) is 0 Å². The van der Waals surface area contributed by atoms with Gasteiger partial charge in [-0.2, -0.15) is 0 Å². The number of carbonyl (C=O) groups excluding carboxylic acids is 1. The Morgan fingerprint density at radius 2 is 2.22 bits per heavy atom. The molecule has 1 unspecified atom stereocenters. The molecule has 1 atom stereocenters. The van der Waals surface area contributed by atoms with E-state index < -0.39 is 11.2 Å². The van der Waals surface area contributed by atoms with Crippen LogP contribution in [0, 0.1) is 0 Å². The number of hydrogen-bond donors (Lipinski definition) is 0. The number of benzene rings is 1. The van der Waals surface area contributed by atoms with Crippen molar-refractivity contribution in [1.29, 1.82) is 0 Å². The minimum Gasteiger partial charge on any atom is -0.612 e. The van der Waals surface area contributed by atoms with Crippen LogP contribution in [-0.4, -0.2) is 27.5 Å². The van der Waals surface area contributed by atoms with E-state index in [9.17, 15) is 13.6 Å². The molecule has 0 spiro atoms. The van der Waals surface area contributed by atoms with Gasteiger partial charge in [0.05, 0.1) is 17.3 Å². The fourth-order valence-electron chi connectivity index (χ4n) is 2.51. The summed E-state index contributed by atoms with van der Waals surface area (Å²) in [5, 5.41) is 3.75. The lowest BCUT2D eigenvalue weighted by Crippen LogP contribution is -2.11. The Balaban J connectivity index is 1.95. The second kappa shape index (κ2) is 6.90. The smallest absolute Gasteiger partial charge is 0.459 e. The molecule has 0 saturated heterocycles.